The highest BCUT2D eigenvalue weighted by molar-refractivity contribution is 5.77. The van der Waals surface area contributed by atoms with Gasteiger partial charge in [0.25, 0.3) is 0 Å². The molecule has 1 unspecified atom stereocenters. The number of aryl methyl sites for hydroxylation is 1. The fourth-order valence-electron chi connectivity index (χ4n) is 3.36. The number of hydrogen-bond donors (Lipinski definition) is 1. The molecule has 4 rings (SSSR count). The lowest BCUT2D eigenvalue weighted by Crippen LogP contribution is -2.30. The van der Waals surface area contributed by atoms with E-state index in [1.807, 2.05) is 61.7 Å². The average molecular weight is 364 g/mol. The van der Waals surface area contributed by atoms with Gasteiger partial charge >= 0.3 is 0 Å². The zero-order chi connectivity index (χ0) is 19.0. The van der Waals surface area contributed by atoms with Crippen LogP contribution in [0.2, 0.25) is 0 Å². The maximum atomic E-state index is 12.6. The second-order valence-corrected chi connectivity index (χ2v) is 7.29. The van der Waals surface area contributed by atoms with E-state index in [1.165, 1.54) is 0 Å². The lowest BCUT2D eigenvalue weighted by atomic mass is 10.1. The third-order valence-electron chi connectivity index (χ3n) is 5.15. The molecular weight excluding hydrogens is 340 g/mol. The molecule has 0 aliphatic heterocycles. The number of carbonyl (C=O) groups is 1. The predicted octanol–water partition coefficient (Wildman–Crippen LogP) is 3.91. The van der Waals surface area contributed by atoms with Crippen LogP contribution in [-0.2, 0) is 11.3 Å². The zero-order valence-corrected chi connectivity index (χ0v) is 15.9. The number of nitrogens with one attached hydrogen (secondary N) is 1. The highest BCUT2D eigenvalue weighted by atomic mass is 16.4. The maximum Gasteiger partial charge on any atom is 0.249 e. The third-order valence-corrected chi connectivity index (χ3v) is 5.15. The molecule has 2 heterocycles. The van der Waals surface area contributed by atoms with Crippen LogP contribution in [0.5, 0.6) is 0 Å². The Morgan fingerprint density at radius 3 is 2.70 bits per heavy atom. The van der Waals surface area contributed by atoms with Gasteiger partial charge in [-0.3, -0.25) is 4.79 Å². The Kier molecular flexibility index (Phi) is 4.56. The Hall–Kier alpha value is -2.89. The first-order valence-corrected chi connectivity index (χ1v) is 9.37. The molecule has 1 N–H and O–H groups in total. The average Bonchev–Trinajstić information content (AvgIpc) is 3.34. The number of nitrogens with zero attached hydrogens (tertiary/aromatic N) is 3. The summed E-state index contributed by atoms with van der Waals surface area (Å²) >= 11 is 0. The molecule has 140 valence electrons. The van der Waals surface area contributed by atoms with Crippen LogP contribution >= 0.6 is 0 Å². The van der Waals surface area contributed by atoms with Crippen LogP contribution in [0.1, 0.15) is 54.6 Å². The van der Waals surface area contributed by atoms with Crippen molar-refractivity contribution in [2.75, 3.05) is 0 Å². The Labute approximate surface area is 158 Å². The lowest BCUT2D eigenvalue weighted by molar-refractivity contribution is -0.122. The molecule has 1 aliphatic carbocycles. The molecule has 0 spiro atoms. The summed E-state index contributed by atoms with van der Waals surface area (Å²) in [5.74, 6) is 1.67. The highest BCUT2D eigenvalue weighted by Gasteiger charge is 2.30. The summed E-state index contributed by atoms with van der Waals surface area (Å²) in [5.41, 5.74) is 3.94. The van der Waals surface area contributed by atoms with Crippen LogP contribution in [0.3, 0.4) is 0 Å². The molecular formula is C21H24N4O2. The first-order valence-electron chi connectivity index (χ1n) is 9.37. The Morgan fingerprint density at radius 1 is 1.26 bits per heavy atom. The van der Waals surface area contributed by atoms with Crippen molar-refractivity contribution in [3.05, 3.63) is 59.2 Å². The molecule has 0 bridgehead atoms. The standard InChI is InChI=1S/C21H24N4O2/c1-13-11-18(21-24-23-20(27-21)17-9-10-17)15(3)25(13)12-19(26)22-14(2)16-7-5-4-6-8-16/h4-8,11,14,17H,9-10,12H2,1-3H3,(H,22,26). The molecule has 1 amide bonds. The number of amides is 1. The van der Waals surface area contributed by atoms with Crippen molar-refractivity contribution in [1.82, 2.24) is 20.1 Å². The SMILES string of the molecule is Cc1cc(-c2nnc(C3CC3)o2)c(C)n1CC(=O)NC(C)c1ccccc1. The van der Waals surface area contributed by atoms with E-state index in [0.717, 1.165) is 41.2 Å². The number of benzene rings is 1. The van der Waals surface area contributed by atoms with E-state index >= 15 is 0 Å². The van der Waals surface area contributed by atoms with Crippen molar-refractivity contribution in [3.8, 4) is 11.5 Å². The molecule has 3 aromatic rings. The Bertz CT molecular complexity index is 954. The van der Waals surface area contributed by atoms with Gasteiger partial charge < -0.3 is 14.3 Å². The van der Waals surface area contributed by atoms with Crippen LogP contribution in [0.25, 0.3) is 11.5 Å². The van der Waals surface area contributed by atoms with Gasteiger partial charge in [-0.2, -0.15) is 0 Å². The summed E-state index contributed by atoms with van der Waals surface area (Å²) in [7, 11) is 0. The quantitative estimate of drug-likeness (QED) is 0.720. The fourth-order valence-corrected chi connectivity index (χ4v) is 3.36. The van der Waals surface area contributed by atoms with Crippen molar-refractivity contribution >= 4 is 5.91 Å². The van der Waals surface area contributed by atoms with Crippen LogP contribution in [0.15, 0.2) is 40.8 Å². The monoisotopic (exact) mass is 364 g/mol. The second-order valence-electron chi connectivity index (χ2n) is 7.29. The van der Waals surface area contributed by atoms with E-state index < -0.39 is 0 Å². The van der Waals surface area contributed by atoms with Gasteiger partial charge in [-0.1, -0.05) is 30.3 Å². The van der Waals surface area contributed by atoms with Crippen molar-refractivity contribution in [1.29, 1.82) is 0 Å². The molecule has 6 heteroatoms. The zero-order valence-electron chi connectivity index (χ0n) is 15.9. The normalized spacial score (nSPS) is 14.9. The van der Waals surface area contributed by atoms with Crippen LogP contribution in [-0.4, -0.2) is 20.7 Å². The molecule has 6 nitrogen and oxygen atoms in total. The fraction of sp³-hybridized carbons (Fsp3) is 0.381. The topological polar surface area (TPSA) is 73.0 Å². The van der Waals surface area contributed by atoms with Crippen LogP contribution in [0, 0.1) is 13.8 Å². The van der Waals surface area contributed by atoms with Gasteiger partial charge in [-0.25, -0.2) is 0 Å². The van der Waals surface area contributed by atoms with Gasteiger partial charge in [0.15, 0.2) is 0 Å². The van der Waals surface area contributed by atoms with Crippen LogP contribution < -0.4 is 5.32 Å². The third kappa shape index (κ3) is 3.65. The summed E-state index contributed by atoms with van der Waals surface area (Å²) in [5, 5.41) is 11.4. The molecule has 2 aromatic heterocycles. The molecule has 1 aliphatic rings. The number of carbonyl (C=O) groups excluding carboxylic acids is 1. The molecule has 1 fully saturated rings. The number of rotatable bonds is 6. The summed E-state index contributed by atoms with van der Waals surface area (Å²) in [4.78, 5) is 12.6. The van der Waals surface area contributed by atoms with Gasteiger partial charge in [0.05, 0.1) is 11.6 Å². The highest BCUT2D eigenvalue weighted by Crippen LogP contribution is 2.40. The molecule has 0 radical (unpaired) electrons. The molecule has 1 atom stereocenters. The first-order chi connectivity index (χ1) is 13.0. The summed E-state index contributed by atoms with van der Waals surface area (Å²) in [6, 6.07) is 11.9. The van der Waals surface area contributed by atoms with Gasteiger partial charge in [-0.15, -0.1) is 10.2 Å². The van der Waals surface area contributed by atoms with Gasteiger partial charge in [0, 0.05) is 17.3 Å². The number of hydrogen-bond acceptors (Lipinski definition) is 4. The largest absolute Gasteiger partial charge is 0.420 e. The van der Waals surface area contributed by atoms with Crippen LogP contribution in [0.4, 0.5) is 0 Å². The summed E-state index contributed by atoms with van der Waals surface area (Å²) in [6.07, 6.45) is 2.25. The summed E-state index contributed by atoms with van der Waals surface area (Å²) < 4.78 is 7.82. The molecule has 1 aromatic carbocycles. The van der Waals surface area contributed by atoms with E-state index in [2.05, 4.69) is 15.5 Å². The van der Waals surface area contributed by atoms with E-state index in [-0.39, 0.29) is 18.5 Å². The second kappa shape index (κ2) is 7.02. The summed E-state index contributed by atoms with van der Waals surface area (Å²) in [6.45, 7) is 6.23. The minimum absolute atomic E-state index is 0.0242. The van der Waals surface area contributed by atoms with Crippen molar-refractivity contribution < 1.29 is 9.21 Å². The molecule has 0 saturated heterocycles. The van der Waals surface area contributed by atoms with Crippen molar-refractivity contribution in [3.63, 3.8) is 0 Å². The predicted molar refractivity (Wildman–Crippen MR) is 102 cm³/mol. The maximum absolute atomic E-state index is 12.6. The first kappa shape index (κ1) is 17.5. The van der Waals surface area contributed by atoms with E-state index in [4.69, 9.17) is 4.42 Å². The van der Waals surface area contributed by atoms with Crippen molar-refractivity contribution in [2.45, 2.75) is 52.1 Å². The molecule has 27 heavy (non-hydrogen) atoms. The number of aromatic nitrogens is 3. The molecule has 1 saturated carbocycles. The van der Waals surface area contributed by atoms with E-state index in [1.54, 1.807) is 0 Å². The van der Waals surface area contributed by atoms with Gasteiger partial charge in [0.2, 0.25) is 17.7 Å². The minimum Gasteiger partial charge on any atom is -0.420 e. The lowest BCUT2D eigenvalue weighted by Gasteiger charge is -2.16. The van der Waals surface area contributed by atoms with Gasteiger partial charge in [0.1, 0.15) is 6.54 Å². The van der Waals surface area contributed by atoms with E-state index in [9.17, 15) is 4.79 Å². The Morgan fingerprint density at radius 2 is 2.00 bits per heavy atom. The Balaban J connectivity index is 1.48. The smallest absolute Gasteiger partial charge is 0.249 e. The van der Waals surface area contributed by atoms with E-state index in [0.29, 0.717) is 11.8 Å². The van der Waals surface area contributed by atoms with Gasteiger partial charge in [-0.05, 0) is 45.2 Å². The minimum atomic E-state index is -0.0358. The van der Waals surface area contributed by atoms with Crippen molar-refractivity contribution in [2.24, 2.45) is 0 Å².